The van der Waals surface area contributed by atoms with E-state index in [1.165, 1.54) is 53.9 Å². The summed E-state index contributed by atoms with van der Waals surface area (Å²) in [6, 6.07) is 2.67. The summed E-state index contributed by atoms with van der Waals surface area (Å²) in [6.45, 7) is 0. The molecule has 11 heteroatoms. The molecule has 0 spiro atoms. The second-order valence-corrected chi connectivity index (χ2v) is 7.26. The molecule has 29 heavy (non-hydrogen) atoms. The summed E-state index contributed by atoms with van der Waals surface area (Å²) in [5, 5.41) is 10.5. The molecule has 2 saturated heterocycles. The first-order valence-electron chi connectivity index (χ1n) is 8.86. The van der Waals surface area contributed by atoms with E-state index in [9.17, 15) is 24.3 Å². The van der Waals surface area contributed by atoms with Gasteiger partial charge >= 0.3 is 24.1 Å². The minimum atomic E-state index is -0.848. The molecule has 2 heterocycles. The standard InChI is InChI=1S/C18H24N6O5/c1-19-13(20(2)16(27)23(5)15(19)26)10-7-8-12(25)11(9-10)14-21(3)17(28)24(6)18(29)22(14)4/h7-9,13-14,25H,1-6H3. The third kappa shape index (κ3) is 2.89. The molecule has 0 atom stereocenters. The first-order valence-corrected chi connectivity index (χ1v) is 8.86. The lowest BCUT2D eigenvalue weighted by molar-refractivity contribution is 0.0572. The number of aromatic hydroxyl groups is 1. The summed E-state index contributed by atoms with van der Waals surface area (Å²) in [5.41, 5.74) is 0.862. The van der Waals surface area contributed by atoms with Crippen molar-refractivity contribution in [3.63, 3.8) is 0 Å². The number of urea groups is 4. The molecule has 0 unspecified atom stereocenters. The van der Waals surface area contributed by atoms with Crippen molar-refractivity contribution in [2.24, 2.45) is 0 Å². The summed E-state index contributed by atoms with van der Waals surface area (Å²) >= 11 is 0. The first-order chi connectivity index (χ1) is 13.5. The maximum Gasteiger partial charge on any atom is 0.329 e. The minimum absolute atomic E-state index is 0.113. The van der Waals surface area contributed by atoms with Crippen LogP contribution in [0.25, 0.3) is 0 Å². The van der Waals surface area contributed by atoms with Crippen LogP contribution in [0.15, 0.2) is 18.2 Å². The molecule has 3 rings (SSSR count). The highest BCUT2D eigenvalue weighted by Gasteiger charge is 2.42. The first kappa shape index (κ1) is 20.2. The number of carbonyl (C=O) groups excluding carboxylic acids is 4. The second-order valence-electron chi connectivity index (χ2n) is 7.26. The zero-order valence-corrected chi connectivity index (χ0v) is 17.2. The molecule has 2 aliphatic rings. The minimum Gasteiger partial charge on any atom is -0.508 e. The van der Waals surface area contributed by atoms with Crippen molar-refractivity contribution < 1.29 is 24.3 Å². The maximum atomic E-state index is 12.4. The van der Waals surface area contributed by atoms with Gasteiger partial charge in [0.05, 0.1) is 0 Å². The van der Waals surface area contributed by atoms with Crippen molar-refractivity contribution >= 4 is 24.1 Å². The van der Waals surface area contributed by atoms with Crippen molar-refractivity contribution in [2.45, 2.75) is 12.3 Å². The van der Waals surface area contributed by atoms with Crippen molar-refractivity contribution in [3.05, 3.63) is 29.3 Å². The number of nitrogens with zero attached hydrogens (tertiary/aromatic N) is 6. The van der Waals surface area contributed by atoms with E-state index < -0.39 is 36.5 Å². The van der Waals surface area contributed by atoms with E-state index in [0.29, 0.717) is 11.1 Å². The number of phenols is 1. The van der Waals surface area contributed by atoms with Gasteiger partial charge < -0.3 is 24.7 Å². The van der Waals surface area contributed by atoms with Crippen LogP contribution in [0.2, 0.25) is 0 Å². The molecule has 156 valence electrons. The molecule has 11 nitrogen and oxygen atoms in total. The largest absolute Gasteiger partial charge is 0.508 e. The number of rotatable bonds is 2. The van der Waals surface area contributed by atoms with Crippen LogP contribution in [0.1, 0.15) is 23.5 Å². The number of hydrogen-bond donors (Lipinski definition) is 1. The van der Waals surface area contributed by atoms with Crippen LogP contribution in [0.4, 0.5) is 19.2 Å². The summed E-state index contributed by atoms with van der Waals surface area (Å²) < 4.78 is 0. The lowest BCUT2D eigenvalue weighted by Crippen LogP contribution is -2.59. The third-order valence-electron chi connectivity index (χ3n) is 5.45. The van der Waals surface area contributed by atoms with E-state index in [1.807, 2.05) is 0 Å². The van der Waals surface area contributed by atoms with E-state index in [2.05, 4.69) is 0 Å². The lowest BCUT2D eigenvalue weighted by atomic mass is 10.0. The second kappa shape index (κ2) is 6.83. The van der Waals surface area contributed by atoms with Gasteiger partial charge in [0.25, 0.3) is 0 Å². The highest BCUT2D eigenvalue weighted by molar-refractivity contribution is 5.96. The molecule has 0 saturated carbocycles. The highest BCUT2D eigenvalue weighted by Crippen LogP contribution is 2.37. The quantitative estimate of drug-likeness (QED) is 0.803. The molecule has 1 aromatic rings. The number of hydrogen-bond acceptors (Lipinski definition) is 5. The molecule has 0 aromatic heterocycles. The fourth-order valence-corrected chi connectivity index (χ4v) is 3.85. The molecule has 0 bridgehead atoms. The Bertz CT molecular complexity index is 861. The van der Waals surface area contributed by atoms with Crippen molar-refractivity contribution in [1.29, 1.82) is 0 Å². The Hall–Kier alpha value is -3.50. The Kier molecular flexibility index (Phi) is 4.77. The third-order valence-corrected chi connectivity index (χ3v) is 5.45. The van der Waals surface area contributed by atoms with Crippen LogP contribution in [0.3, 0.4) is 0 Å². The topological polar surface area (TPSA) is 108 Å². The molecule has 1 aromatic carbocycles. The average molecular weight is 404 g/mol. The van der Waals surface area contributed by atoms with Gasteiger partial charge in [0.1, 0.15) is 18.1 Å². The molecular weight excluding hydrogens is 380 g/mol. The molecule has 2 aliphatic heterocycles. The van der Waals surface area contributed by atoms with Crippen LogP contribution in [0, 0.1) is 0 Å². The van der Waals surface area contributed by atoms with E-state index in [1.54, 1.807) is 26.2 Å². The molecular formula is C18H24N6O5. The van der Waals surface area contributed by atoms with Gasteiger partial charge in [-0.1, -0.05) is 6.07 Å². The van der Waals surface area contributed by atoms with Crippen LogP contribution >= 0.6 is 0 Å². The highest BCUT2D eigenvalue weighted by atomic mass is 16.3. The number of carbonyl (C=O) groups is 4. The lowest BCUT2D eigenvalue weighted by Gasteiger charge is -2.45. The van der Waals surface area contributed by atoms with Gasteiger partial charge in [0.15, 0.2) is 0 Å². The monoisotopic (exact) mass is 404 g/mol. The van der Waals surface area contributed by atoms with Crippen LogP contribution < -0.4 is 0 Å². The molecule has 2 fully saturated rings. The van der Waals surface area contributed by atoms with Gasteiger partial charge in [-0.3, -0.25) is 0 Å². The van der Waals surface area contributed by atoms with Crippen molar-refractivity contribution in [1.82, 2.24) is 29.4 Å². The van der Waals surface area contributed by atoms with Gasteiger partial charge in [0, 0.05) is 47.8 Å². The fraction of sp³-hybridized carbons (Fsp3) is 0.444. The maximum absolute atomic E-state index is 12.4. The van der Waals surface area contributed by atoms with E-state index in [-0.39, 0.29) is 5.75 Å². The number of amides is 8. The number of imide groups is 2. The van der Waals surface area contributed by atoms with E-state index in [0.717, 1.165) is 9.80 Å². The zero-order chi connectivity index (χ0) is 21.8. The van der Waals surface area contributed by atoms with E-state index >= 15 is 0 Å². The predicted molar refractivity (Wildman–Crippen MR) is 102 cm³/mol. The number of benzene rings is 1. The summed E-state index contributed by atoms with van der Waals surface area (Å²) in [5.74, 6) is -0.113. The van der Waals surface area contributed by atoms with Gasteiger partial charge in [-0.2, -0.15) is 0 Å². The van der Waals surface area contributed by atoms with Crippen LogP contribution in [0.5, 0.6) is 5.75 Å². The molecule has 0 aliphatic carbocycles. The number of phenolic OH excluding ortho intramolecular Hbond substituents is 1. The summed E-state index contributed by atoms with van der Waals surface area (Å²) in [7, 11) is 8.97. The zero-order valence-electron chi connectivity index (χ0n) is 17.2. The Labute approximate surface area is 168 Å². The summed E-state index contributed by atoms with van der Waals surface area (Å²) in [6.07, 6.45) is -1.56. The van der Waals surface area contributed by atoms with Gasteiger partial charge in [0.2, 0.25) is 0 Å². The predicted octanol–water partition coefficient (Wildman–Crippen LogP) is 1.49. The summed E-state index contributed by atoms with van der Waals surface area (Å²) in [4.78, 5) is 57.0. The molecule has 8 amide bonds. The Morgan fingerprint density at radius 2 is 1.03 bits per heavy atom. The van der Waals surface area contributed by atoms with Gasteiger partial charge in [-0.25, -0.2) is 29.0 Å². The Morgan fingerprint density at radius 3 is 1.45 bits per heavy atom. The SMILES string of the molecule is CN1C(=O)N(C)C(c2ccc(O)c(C3N(C)C(=O)N(C)C(=O)N3C)c2)N(C)C1=O. The normalized spacial score (nSPS) is 19.8. The fourth-order valence-electron chi connectivity index (χ4n) is 3.85. The molecule has 1 N–H and O–H groups in total. The Balaban J connectivity index is 2.07. The van der Waals surface area contributed by atoms with Crippen molar-refractivity contribution in [3.8, 4) is 5.75 Å². The average Bonchev–Trinajstić information content (AvgIpc) is 2.70. The smallest absolute Gasteiger partial charge is 0.329 e. The Morgan fingerprint density at radius 1 is 0.655 bits per heavy atom. The van der Waals surface area contributed by atoms with E-state index in [4.69, 9.17) is 0 Å². The molecule has 0 radical (unpaired) electrons. The van der Waals surface area contributed by atoms with Crippen LogP contribution in [-0.4, -0.2) is 101 Å². The van der Waals surface area contributed by atoms with Crippen molar-refractivity contribution in [2.75, 3.05) is 42.3 Å². The van der Waals surface area contributed by atoms with Crippen LogP contribution in [-0.2, 0) is 0 Å². The van der Waals surface area contributed by atoms with Gasteiger partial charge in [-0.15, -0.1) is 0 Å². The van der Waals surface area contributed by atoms with Gasteiger partial charge in [-0.05, 0) is 17.7 Å².